The number of esters is 1. The summed E-state index contributed by atoms with van der Waals surface area (Å²) < 4.78 is 31.5. The zero-order chi connectivity index (χ0) is 22.8. The lowest BCUT2D eigenvalue weighted by molar-refractivity contribution is 0.0319. The fourth-order valence-corrected chi connectivity index (χ4v) is 3.52. The first-order valence-electron chi connectivity index (χ1n) is 9.25. The van der Waals surface area contributed by atoms with Gasteiger partial charge in [-0.05, 0) is 62.4 Å². The van der Waals surface area contributed by atoms with Crippen LogP contribution < -0.4 is 10.4 Å². The number of Topliss-reactive ketones (excluding diaryl/α,β-unsaturated/α-hetero) is 1. The third kappa shape index (κ3) is 5.28. The molecule has 1 atom stereocenters. The van der Waals surface area contributed by atoms with Gasteiger partial charge in [-0.2, -0.15) is 0 Å². The van der Waals surface area contributed by atoms with Crippen LogP contribution in [0.4, 0.5) is 5.69 Å². The molecule has 1 unspecified atom stereocenters. The molecule has 0 amide bonds. The van der Waals surface area contributed by atoms with Crippen LogP contribution in [0, 0.1) is 6.92 Å². The summed E-state index contributed by atoms with van der Waals surface area (Å²) in [6, 6.07) is 12.0. The number of H-pyrrole nitrogens is 1. The second kappa shape index (κ2) is 8.60. The van der Waals surface area contributed by atoms with Gasteiger partial charge < -0.3 is 9.72 Å². The highest BCUT2D eigenvalue weighted by Gasteiger charge is 2.21. The van der Waals surface area contributed by atoms with E-state index in [9.17, 15) is 22.8 Å². The molecule has 3 rings (SSSR count). The summed E-state index contributed by atoms with van der Waals surface area (Å²) in [5, 5.41) is 0. The number of ether oxygens (including phenoxy) is 1. The first-order valence-corrected chi connectivity index (χ1v) is 11.1. The molecule has 0 fully saturated rings. The number of anilines is 1. The fourth-order valence-electron chi connectivity index (χ4n) is 2.96. The fraction of sp³-hybridized carbons (Fsp3) is 0.190. The zero-order valence-electron chi connectivity index (χ0n) is 17.1. The lowest BCUT2D eigenvalue weighted by atomic mass is 10.1. The van der Waals surface area contributed by atoms with Crippen molar-refractivity contribution < 1.29 is 22.7 Å². The lowest BCUT2D eigenvalue weighted by Crippen LogP contribution is -2.24. The summed E-state index contributed by atoms with van der Waals surface area (Å²) in [6.45, 7) is 3.23. The Kier molecular flexibility index (Phi) is 6.11. The summed E-state index contributed by atoms with van der Waals surface area (Å²) in [5.74, 6) is -1.11. The van der Waals surface area contributed by atoms with Crippen LogP contribution in [0.2, 0.25) is 0 Å². The summed E-state index contributed by atoms with van der Waals surface area (Å²) in [6.07, 6.45) is 1.56. The molecule has 162 valence electrons. The Bertz CT molecular complexity index is 1270. The van der Waals surface area contributed by atoms with E-state index in [0.717, 1.165) is 11.9 Å². The molecule has 1 heterocycles. The first-order chi connectivity index (χ1) is 14.5. The minimum absolute atomic E-state index is 0.234. The molecule has 0 spiro atoms. The van der Waals surface area contributed by atoms with Crippen molar-refractivity contribution in [2.45, 2.75) is 20.0 Å². The number of hydrogen-bond donors (Lipinski definition) is 2. The van der Waals surface area contributed by atoms with E-state index in [2.05, 4.69) is 9.71 Å². The van der Waals surface area contributed by atoms with Crippen molar-refractivity contribution in [3.8, 4) is 5.69 Å². The maximum Gasteiger partial charge on any atom is 0.338 e. The summed E-state index contributed by atoms with van der Waals surface area (Å²) in [7, 11) is -3.42. The van der Waals surface area contributed by atoms with Crippen molar-refractivity contribution in [3.63, 3.8) is 0 Å². The number of hydrogen-bond acceptors (Lipinski definition) is 6. The molecule has 31 heavy (non-hydrogen) atoms. The van der Waals surface area contributed by atoms with Gasteiger partial charge in [0.15, 0.2) is 6.10 Å². The largest absolute Gasteiger partial charge is 0.451 e. The molecule has 2 aromatic carbocycles. The van der Waals surface area contributed by atoms with Gasteiger partial charge in [0.05, 0.1) is 17.5 Å². The van der Waals surface area contributed by atoms with Gasteiger partial charge in [0.2, 0.25) is 15.8 Å². The summed E-state index contributed by atoms with van der Waals surface area (Å²) in [4.78, 5) is 39.4. The minimum Gasteiger partial charge on any atom is -0.451 e. The van der Waals surface area contributed by atoms with E-state index in [0.29, 0.717) is 11.4 Å². The van der Waals surface area contributed by atoms with Crippen LogP contribution in [-0.4, -0.2) is 42.1 Å². The smallest absolute Gasteiger partial charge is 0.338 e. The maximum atomic E-state index is 12.5. The van der Waals surface area contributed by atoms with E-state index in [1.807, 2.05) is 0 Å². The molecule has 0 aliphatic heterocycles. The number of aromatic amines is 1. The number of nitrogens with zero attached hydrogens (tertiary/aromatic N) is 1. The molecule has 9 nitrogen and oxygen atoms in total. The highest BCUT2D eigenvalue weighted by Crippen LogP contribution is 2.15. The average molecular weight is 443 g/mol. The number of rotatable bonds is 7. The molecule has 0 aliphatic carbocycles. The number of carbonyl (C=O) groups is 2. The minimum atomic E-state index is -3.42. The van der Waals surface area contributed by atoms with Crippen LogP contribution in [-0.2, 0) is 14.8 Å². The molecule has 1 aromatic heterocycles. The predicted octanol–water partition coefficient (Wildman–Crippen LogP) is 2.27. The van der Waals surface area contributed by atoms with Gasteiger partial charge >= 0.3 is 11.7 Å². The number of carbonyl (C=O) groups excluding carboxylic acids is 2. The van der Waals surface area contributed by atoms with E-state index in [-0.39, 0.29) is 16.8 Å². The number of sulfonamides is 1. The number of benzene rings is 2. The molecule has 2 N–H and O–H groups in total. The Balaban J connectivity index is 1.67. The van der Waals surface area contributed by atoms with Crippen molar-refractivity contribution in [2.24, 2.45) is 0 Å². The number of aryl methyl sites for hydroxylation is 1. The van der Waals surface area contributed by atoms with Crippen molar-refractivity contribution in [1.29, 1.82) is 0 Å². The van der Waals surface area contributed by atoms with Crippen molar-refractivity contribution in [1.82, 2.24) is 9.55 Å². The Labute approximate surface area is 178 Å². The van der Waals surface area contributed by atoms with Gasteiger partial charge in [-0.3, -0.25) is 14.1 Å². The second-order valence-corrected chi connectivity index (χ2v) is 8.73. The van der Waals surface area contributed by atoms with Crippen molar-refractivity contribution >= 4 is 27.5 Å². The van der Waals surface area contributed by atoms with Gasteiger partial charge in [-0.25, -0.2) is 18.0 Å². The molecule has 0 bridgehead atoms. The Hall–Kier alpha value is -3.66. The SMILES string of the molecule is Cc1c[nH]c(=O)n1-c1ccc(C(=O)OC(C)C(=O)c2ccc(NS(C)(=O)=O)cc2)cc1. The monoisotopic (exact) mass is 443 g/mol. The highest BCUT2D eigenvalue weighted by atomic mass is 32.2. The lowest BCUT2D eigenvalue weighted by Gasteiger charge is -2.13. The zero-order valence-corrected chi connectivity index (χ0v) is 17.9. The summed E-state index contributed by atoms with van der Waals surface area (Å²) >= 11 is 0. The molecular formula is C21H21N3O6S. The van der Waals surface area contributed by atoms with E-state index < -0.39 is 27.9 Å². The van der Waals surface area contributed by atoms with E-state index >= 15 is 0 Å². The van der Waals surface area contributed by atoms with E-state index in [4.69, 9.17) is 4.74 Å². The molecule has 0 saturated carbocycles. The predicted molar refractivity (Wildman–Crippen MR) is 115 cm³/mol. The second-order valence-electron chi connectivity index (χ2n) is 6.98. The Morgan fingerprint density at radius 1 is 1.03 bits per heavy atom. The van der Waals surface area contributed by atoms with Crippen LogP contribution in [0.3, 0.4) is 0 Å². The van der Waals surface area contributed by atoms with Crippen molar-refractivity contribution in [3.05, 3.63) is 82.0 Å². The number of nitrogens with one attached hydrogen (secondary N) is 2. The number of imidazole rings is 1. The summed E-state index contributed by atoms with van der Waals surface area (Å²) in [5.41, 5.74) is 1.85. The highest BCUT2D eigenvalue weighted by molar-refractivity contribution is 7.92. The van der Waals surface area contributed by atoms with Gasteiger partial charge in [0, 0.05) is 23.1 Å². The van der Waals surface area contributed by atoms with Crippen LogP contribution in [0.15, 0.2) is 59.5 Å². The maximum absolute atomic E-state index is 12.5. The average Bonchev–Trinajstić information content (AvgIpc) is 3.05. The van der Waals surface area contributed by atoms with Gasteiger partial charge in [0.1, 0.15) is 0 Å². The van der Waals surface area contributed by atoms with Crippen LogP contribution >= 0.6 is 0 Å². The quantitative estimate of drug-likeness (QED) is 0.426. The molecule has 0 aliphatic rings. The normalized spacial score (nSPS) is 12.2. The molecule has 3 aromatic rings. The van der Waals surface area contributed by atoms with E-state index in [1.54, 1.807) is 25.3 Å². The van der Waals surface area contributed by atoms with Gasteiger partial charge in [0.25, 0.3) is 0 Å². The molecule has 0 saturated heterocycles. The first kappa shape index (κ1) is 22.0. The Morgan fingerprint density at radius 2 is 1.61 bits per heavy atom. The standard InChI is InChI=1S/C21H21N3O6S/c1-13-12-22-21(27)24(13)18-10-6-16(7-11-18)20(26)30-14(2)19(25)15-4-8-17(9-5-15)23-31(3,28)29/h4-12,14,23H,1-3H3,(H,22,27). The molecule has 10 heteroatoms. The van der Waals surface area contributed by atoms with Crippen molar-refractivity contribution in [2.75, 3.05) is 11.0 Å². The molecule has 0 radical (unpaired) electrons. The Morgan fingerprint density at radius 3 is 2.13 bits per heavy atom. The van der Waals surface area contributed by atoms with Crippen LogP contribution in [0.5, 0.6) is 0 Å². The third-order valence-electron chi connectivity index (χ3n) is 4.45. The number of ketones is 1. The van der Waals surface area contributed by atoms with Gasteiger partial charge in [-0.1, -0.05) is 0 Å². The third-order valence-corrected chi connectivity index (χ3v) is 5.05. The van der Waals surface area contributed by atoms with Gasteiger partial charge in [-0.15, -0.1) is 0 Å². The van der Waals surface area contributed by atoms with E-state index in [1.165, 1.54) is 47.9 Å². The van der Waals surface area contributed by atoms with Crippen LogP contribution in [0.1, 0.15) is 33.3 Å². The van der Waals surface area contributed by atoms with Crippen LogP contribution in [0.25, 0.3) is 5.69 Å². The molecular weight excluding hydrogens is 422 g/mol. The topological polar surface area (TPSA) is 127 Å². The number of aromatic nitrogens is 2.